The van der Waals surface area contributed by atoms with Crippen molar-refractivity contribution in [1.82, 2.24) is 9.80 Å². The van der Waals surface area contributed by atoms with Gasteiger partial charge < -0.3 is 9.80 Å². The van der Waals surface area contributed by atoms with Crippen molar-refractivity contribution < 1.29 is 4.79 Å². The van der Waals surface area contributed by atoms with Crippen molar-refractivity contribution in [3.8, 4) is 0 Å². The molecule has 0 spiro atoms. The number of nitrogens with zero attached hydrogens (tertiary/aromatic N) is 2. The first-order valence-electron chi connectivity index (χ1n) is 6.38. The number of hydrogen-bond donors (Lipinski definition) is 0. The Morgan fingerprint density at radius 3 is 2.42 bits per heavy atom. The first-order valence-corrected chi connectivity index (χ1v) is 7.45. The monoisotopic (exact) mass is 308 g/mol. The Morgan fingerprint density at radius 1 is 1.42 bits per heavy atom. The maximum atomic E-state index is 12.4. The van der Waals surface area contributed by atoms with Gasteiger partial charge in [-0.25, -0.2) is 0 Å². The molecular formula is C14H26Cl2N2O. The smallest absolute Gasteiger partial charge is 0.229 e. The van der Waals surface area contributed by atoms with Gasteiger partial charge in [0.1, 0.15) is 0 Å². The Kier molecular flexibility index (Phi) is 9.50. The summed E-state index contributed by atoms with van der Waals surface area (Å²) in [6, 6.07) is 0. The zero-order valence-electron chi connectivity index (χ0n) is 11.2. The molecule has 0 saturated heterocycles. The third-order valence-corrected chi connectivity index (χ3v) is 3.73. The molecule has 1 aliphatic rings. The minimum absolute atomic E-state index is 0. The summed E-state index contributed by atoms with van der Waals surface area (Å²) in [5, 5.41) is 0. The molecule has 1 unspecified atom stereocenters. The number of alkyl halides is 2. The average Bonchev–Trinajstić information content (AvgIpc) is 2.38. The van der Waals surface area contributed by atoms with Gasteiger partial charge in [0.05, 0.1) is 5.92 Å². The molecule has 0 bridgehead atoms. The summed E-state index contributed by atoms with van der Waals surface area (Å²) in [5.41, 5.74) is 1.24. The Hall–Kier alpha value is -0.250. The van der Waals surface area contributed by atoms with Crippen LogP contribution in [0, 0.1) is 5.92 Å². The third kappa shape index (κ3) is 5.72. The number of carbonyl (C=O) groups is 1. The summed E-state index contributed by atoms with van der Waals surface area (Å²) in [4.78, 5) is 16.4. The van der Waals surface area contributed by atoms with Gasteiger partial charge in [-0.1, -0.05) is 19.1 Å². The van der Waals surface area contributed by atoms with Gasteiger partial charge in [-0.3, -0.25) is 4.79 Å². The first-order chi connectivity index (χ1) is 8.60. The van der Waals surface area contributed by atoms with E-state index in [9.17, 15) is 4.79 Å². The zero-order chi connectivity index (χ0) is 13.5. The van der Waals surface area contributed by atoms with Crippen molar-refractivity contribution in [2.45, 2.75) is 20.8 Å². The molecule has 0 aliphatic carbocycles. The largest absolute Gasteiger partial charge is 0.340 e. The normalized spacial score (nSPS) is 17.4. The summed E-state index contributed by atoms with van der Waals surface area (Å²) in [6.07, 6.45) is 3.14. The van der Waals surface area contributed by atoms with Gasteiger partial charge in [0, 0.05) is 37.9 Å². The molecule has 1 rings (SSSR count). The third-order valence-electron chi connectivity index (χ3n) is 3.39. The van der Waals surface area contributed by atoms with Crippen molar-refractivity contribution >= 4 is 29.1 Å². The van der Waals surface area contributed by atoms with E-state index < -0.39 is 0 Å². The van der Waals surface area contributed by atoms with Crippen LogP contribution in [-0.4, -0.2) is 60.7 Å². The van der Waals surface area contributed by atoms with Gasteiger partial charge in [0.2, 0.25) is 5.91 Å². The maximum absolute atomic E-state index is 12.4. The number of amides is 1. The summed E-state index contributed by atoms with van der Waals surface area (Å²) in [7, 11) is 2.09. The topological polar surface area (TPSA) is 23.6 Å². The fourth-order valence-corrected chi connectivity index (χ4v) is 2.56. The SMILES string of the molecule is C.CC(C(=O)N(CCCl)CCCl)C1=CCN(C)CC1. The Bertz CT molecular complexity index is 302. The summed E-state index contributed by atoms with van der Waals surface area (Å²) >= 11 is 11.5. The minimum Gasteiger partial charge on any atom is -0.340 e. The Labute approximate surface area is 127 Å². The standard InChI is InChI=1S/C13H22Cl2N2O.CH4/c1-11(12-3-7-16(2)8-4-12)13(18)17(9-5-14)10-6-15;/h3,11H,4-10H2,1-2H3;1H4. The molecule has 19 heavy (non-hydrogen) atoms. The zero-order valence-corrected chi connectivity index (χ0v) is 12.7. The Balaban J connectivity index is 0.00000324. The molecule has 0 saturated carbocycles. The molecule has 1 heterocycles. The van der Waals surface area contributed by atoms with Crippen molar-refractivity contribution in [3.63, 3.8) is 0 Å². The lowest BCUT2D eigenvalue weighted by atomic mass is 9.94. The van der Waals surface area contributed by atoms with Gasteiger partial charge >= 0.3 is 0 Å². The molecule has 0 N–H and O–H groups in total. The fourth-order valence-electron chi connectivity index (χ4n) is 2.15. The predicted molar refractivity (Wildman–Crippen MR) is 84.1 cm³/mol. The quantitative estimate of drug-likeness (QED) is 0.556. The van der Waals surface area contributed by atoms with Crippen LogP contribution in [0.15, 0.2) is 11.6 Å². The van der Waals surface area contributed by atoms with Crippen LogP contribution in [0.25, 0.3) is 0 Å². The van der Waals surface area contributed by atoms with Crippen LogP contribution in [0.2, 0.25) is 0 Å². The first kappa shape index (κ1) is 18.8. The van der Waals surface area contributed by atoms with Gasteiger partial charge in [-0.2, -0.15) is 0 Å². The van der Waals surface area contributed by atoms with Crippen LogP contribution in [0.1, 0.15) is 20.8 Å². The van der Waals surface area contributed by atoms with Crippen LogP contribution >= 0.6 is 23.2 Å². The second-order valence-corrected chi connectivity index (χ2v) is 5.47. The highest BCUT2D eigenvalue weighted by Crippen LogP contribution is 2.20. The second kappa shape index (κ2) is 9.62. The predicted octanol–water partition coefficient (Wildman–Crippen LogP) is 2.83. The molecule has 0 radical (unpaired) electrons. The molecule has 1 amide bonds. The summed E-state index contributed by atoms with van der Waals surface area (Å²) in [6.45, 7) is 5.08. The number of rotatable bonds is 6. The molecular weight excluding hydrogens is 283 g/mol. The van der Waals surface area contributed by atoms with E-state index in [4.69, 9.17) is 23.2 Å². The molecule has 112 valence electrons. The molecule has 1 atom stereocenters. The lowest BCUT2D eigenvalue weighted by molar-refractivity contribution is -0.133. The van der Waals surface area contributed by atoms with E-state index >= 15 is 0 Å². The molecule has 3 nitrogen and oxygen atoms in total. The van der Waals surface area contributed by atoms with E-state index in [0.29, 0.717) is 24.8 Å². The minimum atomic E-state index is -0.0508. The number of likely N-dealkylation sites (N-methyl/N-ethyl adjacent to an activating group) is 1. The number of carbonyl (C=O) groups excluding carboxylic acids is 1. The molecule has 1 aliphatic heterocycles. The highest BCUT2D eigenvalue weighted by Gasteiger charge is 2.24. The highest BCUT2D eigenvalue weighted by atomic mass is 35.5. The van der Waals surface area contributed by atoms with E-state index in [1.54, 1.807) is 4.90 Å². The van der Waals surface area contributed by atoms with Crippen molar-refractivity contribution in [2.24, 2.45) is 5.92 Å². The summed E-state index contributed by atoms with van der Waals surface area (Å²) in [5.74, 6) is 1.01. The number of halogens is 2. The molecule has 0 fully saturated rings. The van der Waals surface area contributed by atoms with Crippen molar-refractivity contribution in [2.75, 3.05) is 45.0 Å². The van der Waals surface area contributed by atoms with Crippen LogP contribution in [0.5, 0.6) is 0 Å². The van der Waals surface area contributed by atoms with Crippen LogP contribution in [0.4, 0.5) is 0 Å². The summed E-state index contributed by atoms with van der Waals surface area (Å²) < 4.78 is 0. The highest BCUT2D eigenvalue weighted by molar-refractivity contribution is 6.18. The van der Waals surface area contributed by atoms with Crippen molar-refractivity contribution in [1.29, 1.82) is 0 Å². The lowest BCUT2D eigenvalue weighted by Gasteiger charge is -2.29. The van der Waals surface area contributed by atoms with Gasteiger partial charge in [0.15, 0.2) is 0 Å². The Morgan fingerprint density at radius 2 is 2.00 bits per heavy atom. The second-order valence-electron chi connectivity index (χ2n) is 4.72. The number of hydrogen-bond acceptors (Lipinski definition) is 2. The molecule has 0 aromatic heterocycles. The molecule has 5 heteroatoms. The van der Waals surface area contributed by atoms with E-state index in [2.05, 4.69) is 18.0 Å². The van der Waals surface area contributed by atoms with E-state index in [1.165, 1.54) is 5.57 Å². The van der Waals surface area contributed by atoms with Crippen molar-refractivity contribution in [3.05, 3.63) is 11.6 Å². The lowest BCUT2D eigenvalue weighted by Crippen LogP contribution is -2.39. The van der Waals surface area contributed by atoms with E-state index in [-0.39, 0.29) is 19.3 Å². The van der Waals surface area contributed by atoms with Crippen LogP contribution in [-0.2, 0) is 4.79 Å². The van der Waals surface area contributed by atoms with Crippen LogP contribution in [0.3, 0.4) is 0 Å². The maximum Gasteiger partial charge on any atom is 0.229 e. The van der Waals surface area contributed by atoms with Crippen LogP contribution < -0.4 is 0 Å². The molecule has 0 aromatic carbocycles. The molecule has 0 aromatic rings. The van der Waals surface area contributed by atoms with Gasteiger partial charge in [-0.15, -0.1) is 23.2 Å². The van der Waals surface area contributed by atoms with E-state index in [1.807, 2.05) is 6.92 Å². The van der Waals surface area contributed by atoms with E-state index in [0.717, 1.165) is 19.5 Å². The fraction of sp³-hybridized carbons (Fsp3) is 0.786. The van der Waals surface area contributed by atoms with Gasteiger partial charge in [0.25, 0.3) is 0 Å². The average molecular weight is 309 g/mol. The van der Waals surface area contributed by atoms with Gasteiger partial charge in [-0.05, 0) is 20.4 Å².